The van der Waals surface area contributed by atoms with E-state index in [-0.39, 0.29) is 27.8 Å². The summed E-state index contributed by atoms with van der Waals surface area (Å²) in [5.74, 6) is -21.0. The van der Waals surface area contributed by atoms with Crippen LogP contribution in [0.1, 0.15) is 180 Å². The van der Waals surface area contributed by atoms with Crippen molar-refractivity contribution in [1.82, 2.24) is 0 Å². The molecule has 20 nitrogen and oxygen atoms in total. The summed E-state index contributed by atoms with van der Waals surface area (Å²) in [6.07, 6.45) is -3.74. The normalized spacial score (nSPS) is 23.7. The molecule has 0 radical (unpaired) electrons. The molecule has 20 heteroatoms. The van der Waals surface area contributed by atoms with Gasteiger partial charge in [-0.1, -0.05) is 189 Å². The Morgan fingerprint density at radius 3 is 0.604 bits per heavy atom. The first-order chi connectivity index (χ1) is 53.2. The third-order valence-electron chi connectivity index (χ3n) is 27.3. The minimum Gasteiger partial charge on any atom is -0.481 e. The Labute approximate surface area is 627 Å². The maximum atomic E-state index is 13.4. The Hall–Kier alpha value is -13.6. The van der Waals surface area contributed by atoms with Crippen LogP contribution in [-0.4, -0.2) is 111 Å². The summed E-state index contributed by atoms with van der Waals surface area (Å²) < 4.78 is 0. The zero-order valence-corrected chi connectivity index (χ0v) is 58.3. The summed E-state index contributed by atoms with van der Waals surface area (Å²) in [6, 6.07) is 57.3. The van der Waals surface area contributed by atoms with Crippen LogP contribution in [0.2, 0.25) is 0 Å². The molecule has 11 aliphatic carbocycles. The van der Waals surface area contributed by atoms with E-state index in [2.05, 4.69) is 67.6 Å². The monoisotopic (exact) mass is 1470 g/mol. The van der Waals surface area contributed by atoms with Gasteiger partial charge in [-0.05, 0) is 189 Å². The van der Waals surface area contributed by atoms with Gasteiger partial charge in [0.15, 0.2) is 0 Å². The Balaban J connectivity index is 1.03. The van der Waals surface area contributed by atoms with Crippen molar-refractivity contribution >= 4 is 59.7 Å². The minimum absolute atomic E-state index is 0.206. The molecule has 0 amide bonds. The highest BCUT2D eigenvalue weighted by Gasteiger charge is 2.86. The van der Waals surface area contributed by atoms with Crippen LogP contribution in [0.15, 0.2) is 204 Å². The molecular weight excluding hydrogens is 1410 g/mol. The van der Waals surface area contributed by atoms with Crippen molar-refractivity contribution in [1.29, 1.82) is 0 Å². The van der Waals surface area contributed by atoms with Crippen LogP contribution in [0.25, 0.3) is 55.6 Å². The molecule has 21 rings (SSSR count). The van der Waals surface area contributed by atoms with Gasteiger partial charge < -0.3 is 51.1 Å². The third-order valence-corrected chi connectivity index (χ3v) is 27.3. The largest absolute Gasteiger partial charge is 0.481 e. The summed E-state index contributed by atoms with van der Waals surface area (Å²) in [4.78, 5) is 131. The summed E-state index contributed by atoms with van der Waals surface area (Å²) in [5.41, 5.74) is 15.4. The smallest absolute Gasteiger partial charge is 0.311 e. The van der Waals surface area contributed by atoms with Crippen molar-refractivity contribution in [3.63, 3.8) is 0 Å². The average Bonchev–Trinajstić information content (AvgIpc) is 1.39. The summed E-state index contributed by atoms with van der Waals surface area (Å²) in [6.45, 7) is 2.28. The molecule has 0 saturated carbocycles. The van der Waals surface area contributed by atoms with Gasteiger partial charge in [-0.15, -0.1) is 0 Å². The molecule has 0 aliphatic heterocycles. The molecule has 11 atom stereocenters. The fourth-order valence-corrected chi connectivity index (χ4v) is 24.2. The Morgan fingerprint density at radius 2 is 0.405 bits per heavy atom. The first kappa shape index (κ1) is 65.7. The zero-order valence-electron chi connectivity index (χ0n) is 58.3. The molecule has 0 heterocycles. The van der Waals surface area contributed by atoms with Crippen LogP contribution in [0, 0.1) is 5.41 Å². The van der Waals surface area contributed by atoms with Crippen LogP contribution >= 0.6 is 0 Å². The first-order valence-electron chi connectivity index (χ1n) is 36.4. The van der Waals surface area contributed by atoms with E-state index >= 15 is 0 Å². The van der Waals surface area contributed by atoms with Gasteiger partial charge in [0.05, 0.1) is 88.8 Å². The van der Waals surface area contributed by atoms with Crippen LogP contribution in [-0.2, 0) is 75.0 Å². The number of benzene rings is 10. The molecule has 10 N–H and O–H groups in total. The number of hydrogen-bond acceptors (Lipinski definition) is 10. The second kappa shape index (κ2) is 21.0. The van der Waals surface area contributed by atoms with Gasteiger partial charge >= 0.3 is 59.7 Å². The van der Waals surface area contributed by atoms with E-state index in [1.54, 1.807) is 60.7 Å². The average molecular weight is 1470 g/mol. The lowest BCUT2D eigenvalue weighted by atomic mass is 9.35. The first-order valence-corrected chi connectivity index (χ1v) is 36.4. The number of carbonyl (C=O) groups is 10. The summed E-state index contributed by atoms with van der Waals surface area (Å²) in [7, 11) is 0. The molecule has 10 aromatic carbocycles. The number of aliphatic carboxylic acids is 10. The number of carboxylic acid groups (broad SMARTS) is 10. The minimum atomic E-state index is -1.55. The lowest BCUT2D eigenvalue weighted by Gasteiger charge is -2.65. The highest BCUT2D eigenvalue weighted by atomic mass is 16.4. The van der Waals surface area contributed by atoms with Gasteiger partial charge in [0.1, 0.15) is 0 Å². The fraction of sp³-hybridized carbons (Fsp3) is 0.187. The van der Waals surface area contributed by atoms with E-state index in [9.17, 15) is 99.0 Å². The van der Waals surface area contributed by atoms with E-state index < -0.39 is 154 Å². The van der Waals surface area contributed by atoms with Crippen molar-refractivity contribution < 1.29 is 99.0 Å². The van der Waals surface area contributed by atoms with Gasteiger partial charge in [-0.25, -0.2) is 0 Å². The highest BCUT2D eigenvalue weighted by Crippen LogP contribution is 2.93. The zero-order chi connectivity index (χ0) is 77.0. The molecule has 111 heavy (non-hydrogen) atoms. The van der Waals surface area contributed by atoms with Crippen molar-refractivity contribution in [2.24, 2.45) is 5.41 Å². The number of allylic oxidation sites excluding steroid dienone is 4. The van der Waals surface area contributed by atoms with Gasteiger partial charge in [0.25, 0.3) is 0 Å². The van der Waals surface area contributed by atoms with E-state index in [4.69, 9.17) is 0 Å². The topological polar surface area (TPSA) is 373 Å². The van der Waals surface area contributed by atoms with Gasteiger partial charge in [0.2, 0.25) is 0 Å². The summed E-state index contributed by atoms with van der Waals surface area (Å²) in [5, 5.41) is 106. The maximum absolute atomic E-state index is 13.4. The molecular formula is C91H58O20. The number of fused-ring (bicyclic) bond motifs is 5. The quantitative estimate of drug-likeness (QED) is 0.0254. The lowest BCUT2D eigenvalue weighted by molar-refractivity contribution is -0.145. The van der Waals surface area contributed by atoms with Crippen LogP contribution < -0.4 is 0 Å². The molecule has 0 aromatic heterocycles. The molecule has 0 saturated heterocycles. The number of rotatable bonds is 25. The van der Waals surface area contributed by atoms with E-state index in [1.165, 1.54) is 0 Å². The SMILES string of the molecule is CC12C3=C4C5=C1[C@@]1(c6ccc(C(CC(=O)O)C(=O)O)cc6)c6c7ccc8c6C2(c2ccc(C(CC(=O)O)C(=O)O)cc2)c2c-8ccc6c2[C@]3(c2ccc(C(CC(=O)O)C(=O)O)cc2)c2c-6ccc3c2[C@]4(c2ccc(C(CC(=O)O)C(=O)O)cc2)c2c-3ccc3c2[C@]5(c2ccc(C(CC(=O)O)C(=O)O)cc2)c2c-3ccc-7c21. The maximum Gasteiger partial charge on any atom is 0.311 e. The van der Waals surface area contributed by atoms with E-state index in [0.29, 0.717) is 27.8 Å². The van der Waals surface area contributed by atoms with Crippen LogP contribution in [0.3, 0.4) is 0 Å². The van der Waals surface area contributed by atoms with Crippen molar-refractivity contribution in [2.45, 2.75) is 95.7 Å². The second-order valence-corrected chi connectivity index (χ2v) is 31.5. The molecule has 0 spiro atoms. The number of hydrogen-bond donors (Lipinski definition) is 10. The molecule has 11 aliphatic rings. The standard InChI is InChI=1S/C91H58O20/c1-86-79-77-78-80(86)90(45-18-8-40(9-19-45)60(84(108)109)35-65(98)99)72-52-27-25-50-48-23-22-47-49-24-26-51-53-28-30-55-56-31-29-54(52)74(90)76(56)91(86,46-20-10-41(11-21-46)61(85(110)111)36-66(100)101)75(55)73(53)89(79,44-16-6-39(7-17-44)59(83(106)107)34-64(96)97)71(51)69(49)87(77,42-12-2-37(3-13-42)57(81(102)103)32-62(92)93)67(47)68(48)88(78,70(50)72)43-14-4-38(5-15-43)58(82(104)105)33-63(94)95/h2-31,57-61H,32-36H2,1H3,(H,92,93)(H,94,95)(H,96,97)(H,98,99)(H,100,101)(H,102,103)(H,104,105)(H,106,107)(H,108,109)(H,110,111)/t57?,58?,59?,60?,61?,86?,87-,88+,89-,90+,91?. The van der Waals surface area contributed by atoms with Gasteiger partial charge in [-0.3, -0.25) is 47.9 Å². The predicted octanol–water partition coefficient (Wildman–Crippen LogP) is 13.5. The highest BCUT2D eigenvalue weighted by molar-refractivity contribution is 6.15. The lowest BCUT2D eigenvalue weighted by Crippen LogP contribution is -2.62. The molecule has 7 unspecified atom stereocenters. The Kier molecular flexibility index (Phi) is 12.4. The summed E-state index contributed by atoms with van der Waals surface area (Å²) >= 11 is 0. The van der Waals surface area contributed by atoms with Crippen LogP contribution in [0.4, 0.5) is 0 Å². The molecule has 0 fully saturated rings. The van der Waals surface area contributed by atoms with Crippen molar-refractivity contribution in [3.8, 4) is 55.6 Å². The van der Waals surface area contributed by atoms with E-state index in [1.807, 2.05) is 60.7 Å². The van der Waals surface area contributed by atoms with Crippen molar-refractivity contribution in [2.75, 3.05) is 0 Å². The Bertz CT molecular complexity index is 6030. The van der Waals surface area contributed by atoms with Gasteiger partial charge in [0, 0.05) is 5.41 Å². The number of carboxylic acids is 10. The third kappa shape index (κ3) is 7.07. The second-order valence-electron chi connectivity index (χ2n) is 31.5. The molecule has 0 bridgehead atoms. The Morgan fingerprint density at radius 1 is 0.234 bits per heavy atom. The predicted molar refractivity (Wildman–Crippen MR) is 394 cm³/mol. The van der Waals surface area contributed by atoms with E-state index in [0.717, 1.165) is 134 Å². The van der Waals surface area contributed by atoms with Gasteiger partial charge in [-0.2, -0.15) is 0 Å². The van der Waals surface area contributed by atoms with Crippen LogP contribution in [0.5, 0.6) is 0 Å². The molecule has 542 valence electrons. The van der Waals surface area contributed by atoms with Crippen molar-refractivity contribution in [3.05, 3.63) is 316 Å². The fourth-order valence-electron chi connectivity index (χ4n) is 24.2. The molecule has 10 aromatic rings.